The summed E-state index contributed by atoms with van der Waals surface area (Å²) in [6.07, 6.45) is 0.417. The van der Waals surface area contributed by atoms with Crippen LogP contribution in [0.25, 0.3) is 0 Å². The van der Waals surface area contributed by atoms with E-state index in [4.69, 9.17) is 4.55 Å². The highest BCUT2D eigenvalue weighted by atomic mass is 32.2. The third kappa shape index (κ3) is 5.48. The molecule has 0 rings (SSSR count). The summed E-state index contributed by atoms with van der Waals surface area (Å²) in [6, 6.07) is -0.554. The maximum absolute atomic E-state index is 11.1. The Kier molecular flexibility index (Phi) is 6.34. The minimum Gasteiger partial charge on any atom is -0.357 e. The first-order chi connectivity index (χ1) is 6.11. The lowest BCUT2D eigenvalue weighted by Crippen LogP contribution is -2.45. The number of amides is 2. The summed E-state index contributed by atoms with van der Waals surface area (Å²) in [5.74, 6) is -0.0842. The van der Waals surface area contributed by atoms with Gasteiger partial charge in [-0.2, -0.15) is 0 Å². The largest absolute Gasteiger partial charge is 0.357 e. The van der Waals surface area contributed by atoms with E-state index >= 15 is 0 Å². The summed E-state index contributed by atoms with van der Waals surface area (Å²) in [7, 11) is 1.50. The molecule has 0 aliphatic heterocycles. The van der Waals surface area contributed by atoms with Crippen molar-refractivity contribution < 1.29 is 14.1 Å². The highest BCUT2D eigenvalue weighted by Gasteiger charge is 2.17. The fourth-order valence-electron chi connectivity index (χ4n) is 0.859. The monoisotopic (exact) mass is 206 g/mol. The van der Waals surface area contributed by atoms with Gasteiger partial charge in [-0.05, 0) is 18.5 Å². The molecule has 0 fully saturated rings. The highest BCUT2D eigenvalue weighted by molar-refractivity contribution is 7.93. The third-order valence-electron chi connectivity index (χ3n) is 1.44. The summed E-state index contributed by atoms with van der Waals surface area (Å²) in [6.45, 7) is 1.35. The number of hydrogen-bond donors (Lipinski definition) is 3. The van der Waals surface area contributed by atoms with Gasteiger partial charge < -0.3 is 15.2 Å². The lowest BCUT2D eigenvalue weighted by atomic mass is 10.2. The van der Waals surface area contributed by atoms with Gasteiger partial charge in [0, 0.05) is 19.7 Å². The van der Waals surface area contributed by atoms with Gasteiger partial charge in [0.05, 0.1) is 0 Å². The summed E-state index contributed by atoms with van der Waals surface area (Å²) in [4.78, 5) is 21.8. The molecule has 0 saturated heterocycles. The van der Waals surface area contributed by atoms with E-state index in [1.165, 1.54) is 14.0 Å². The second-order valence-electron chi connectivity index (χ2n) is 2.49. The van der Waals surface area contributed by atoms with Gasteiger partial charge >= 0.3 is 0 Å². The molecule has 0 aromatic carbocycles. The molecule has 0 aliphatic carbocycles. The van der Waals surface area contributed by atoms with Gasteiger partial charge in [0.25, 0.3) is 0 Å². The second-order valence-corrected chi connectivity index (χ2v) is 3.16. The fourth-order valence-corrected chi connectivity index (χ4v) is 1.20. The second kappa shape index (κ2) is 6.73. The van der Waals surface area contributed by atoms with Gasteiger partial charge in [0.15, 0.2) is 0 Å². The van der Waals surface area contributed by atoms with Crippen LogP contribution in [0.3, 0.4) is 0 Å². The normalized spacial score (nSPS) is 11.9. The topological polar surface area (TPSA) is 78.4 Å². The Labute approximate surface area is 81.5 Å². The fraction of sp³-hybridized carbons (Fsp3) is 0.714. The van der Waals surface area contributed by atoms with E-state index in [0.29, 0.717) is 24.2 Å². The first kappa shape index (κ1) is 12.2. The van der Waals surface area contributed by atoms with Crippen molar-refractivity contribution in [1.29, 1.82) is 0 Å². The van der Waals surface area contributed by atoms with E-state index in [1.807, 2.05) is 0 Å². The van der Waals surface area contributed by atoms with Crippen molar-refractivity contribution in [3.63, 3.8) is 0 Å². The molecule has 0 aromatic heterocycles. The van der Waals surface area contributed by atoms with Crippen LogP contribution in [0.15, 0.2) is 0 Å². The van der Waals surface area contributed by atoms with Crippen LogP contribution < -0.4 is 10.6 Å². The van der Waals surface area contributed by atoms with Crippen LogP contribution in [0.2, 0.25) is 0 Å². The third-order valence-corrected chi connectivity index (χ3v) is 1.86. The number of hydrogen-bond acceptors (Lipinski definition) is 4. The Balaban J connectivity index is 4.02. The summed E-state index contributed by atoms with van der Waals surface area (Å²) in [5.41, 5.74) is 0. The maximum Gasteiger partial charge on any atom is 0.242 e. The molecule has 2 amide bonds. The summed E-state index contributed by atoms with van der Waals surface area (Å²) >= 11 is 0.654. The van der Waals surface area contributed by atoms with Crippen LogP contribution in [-0.4, -0.2) is 35.2 Å². The number of nitrogens with one attached hydrogen (secondary N) is 2. The molecule has 6 heteroatoms. The molecular formula is C7H14N2O3S. The Morgan fingerprint density at radius 1 is 1.54 bits per heavy atom. The van der Waals surface area contributed by atoms with Gasteiger partial charge in [0.2, 0.25) is 11.8 Å². The summed E-state index contributed by atoms with van der Waals surface area (Å²) < 4.78 is 8.48. The van der Waals surface area contributed by atoms with Crippen molar-refractivity contribution in [1.82, 2.24) is 10.6 Å². The molecule has 3 N–H and O–H groups in total. The van der Waals surface area contributed by atoms with Crippen molar-refractivity contribution in [2.45, 2.75) is 19.4 Å². The van der Waals surface area contributed by atoms with Gasteiger partial charge in [-0.3, -0.25) is 9.59 Å². The van der Waals surface area contributed by atoms with Crippen LogP contribution >= 0.6 is 12.0 Å². The molecule has 0 aliphatic rings. The molecular weight excluding hydrogens is 192 g/mol. The molecule has 0 aromatic rings. The van der Waals surface area contributed by atoms with Crippen molar-refractivity contribution in [2.24, 2.45) is 0 Å². The average Bonchev–Trinajstić information content (AvgIpc) is 2.10. The van der Waals surface area contributed by atoms with E-state index in [-0.39, 0.29) is 11.8 Å². The lowest BCUT2D eigenvalue weighted by molar-refractivity contribution is -0.127. The predicted octanol–water partition coefficient (Wildman–Crippen LogP) is -0.167. The first-order valence-corrected chi connectivity index (χ1v) is 4.81. The molecule has 0 heterocycles. The highest BCUT2D eigenvalue weighted by Crippen LogP contribution is 2.00. The van der Waals surface area contributed by atoms with Gasteiger partial charge in [-0.1, -0.05) is 0 Å². The van der Waals surface area contributed by atoms with Gasteiger partial charge in [0.1, 0.15) is 6.04 Å². The molecule has 1 atom stereocenters. The zero-order valence-corrected chi connectivity index (χ0v) is 8.48. The zero-order valence-electron chi connectivity index (χ0n) is 7.66. The van der Waals surface area contributed by atoms with Crippen LogP contribution in [0.5, 0.6) is 0 Å². The molecule has 0 saturated carbocycles. The van der Waals surface area contributed by atoms with Crippen LogP contribution in [-0.2, 0) is 9.59 Å². The Morgan fingerprint density at radius 2 is 2.15 bits per heavy atom. The minimum absolute atomic E-state index is 0.246. The smallest absolute Gasteiger partial charge is 0.242 e. The molecule has 0 bridgehead atoms. The van der Waals surface area contributed by atoms with Crippen molar-refractivity contribution in [3.05, 3.63) is 0 Å². The van der Waals surface area contributed by atoms with Crippen LogP contribution in [0.4, 0.5) is 0 Å². The van der Waals surface area contributed by atoms with Crippen LogP contribution in [0.1, 0.15) is 13.3 Å². The lowest BCUT2D eigenvalue weighted by Gasteiger charge is -2.14. The SMILES string of the molecule is CNC(=O)C(CCSO)NC(C)=O. The molecule has 13 heavy (non-hydrogen) atoms. The predicted molar refractivity (Wildman–Crippen MR) is 51.4 cm³/mol. The molecule has 1 unspecified atom stereocenters. The van der Waals surface area contributed by atoms with Crippen molar-refractivity contribution in [2.75, 3.05) is 12.8 Å². The number of carbonyl (C=O) groups excluding carboxylic acids is 2. The van der Waals surface area contributed by atoms with Gasteiger partial charge in [-0.15, -0.1) is 0 Å². The first-order valence-electron chi connectivity index (χ1n) is 3.87. The molecule has 5 nitrogen and oxygen atoms in total. The standard InChI is InChI=1S/C7H14N2O3S/c1-5(10)9-6(3-4-13-12)7(11)8-2/h6,12H,3-4H2,1-2H3,(H,8,11)(H,9,10). The number of rotatable bonds is 5. The molecule has 76 valence electrons. The quantitative estimate of drug-likeness (QED) is 0.546. The van der Waals surface area contributed by atoms with E-state index < -0.39 is 6.04 Å². The van der Waals surface area contributed by atoms with E-state index in [0.717, 1.165) is 0 Å². The number of carbonyl (C=O) groups is 2. The minimum atomic E-state index is -0.554. The van der Waals surface area contributed by atoms with Crippen LogP contribution in [0, 0.1) is 0 Å². The number of likely N-dealkylation sites (N-methyl/N-ethyl adjacent to an activating group) is 1. The Bertz CT molecular complexity index is 187. The Morgan fingerprint density at radius 3 is 2.54 bits per heavy atom. The van der Waals surface area contributed by atoms with Crippen molar-refractivity contribution >= 4 is 23.9 Å². The molecule has 0 radical (unpaired) electrons. The average molecular weight is 206 g/mol. The zero-order chi connectivity index (χ0) is 10.3. The van der Waals surface area contributed by atoms with Crippen molar-refractivity contribution in [3.8, 4) is 0 Å². The Hall–Kier alpha value is -0.750. The van der Waals surface area contributed by atoms with E-state index in [2.05, 4.69) is 10.6 Å². The van der Waals surface area contributed by atoms with E-state index in [9.17, 15) is 9.59 Å². The van der Waals surface area contributed by atoms with Gasteiger partial charge in [-0.25, -0.2) is 0 Å². The molecule has 0 spiro atoms. The summed E-state index contributed by atoms with van der Waals surface area (Å²) in [5, 5.41) is 4.92. The maximum atomic E-state index is 11.1. The van der Waals surface area contributed by atoms with E-state index in [1.54, 1.807) is 0 Å².